The van der Waals surface area contributed by atoms with Crippen molar-refractivity contribution >= 4 is 20.8 Å². The third kappa shape index (κ3) is 26.3. The van der Waals surface area contributed by atoms with Crippen molar-refractivity contribution in [3.63, 3.8) is 0 Å². The van der Waals surface area contributed by atoms with Gasteiger partial charge in [-0.05, 0) is 26.3 Å². The Labute approximate surface area is 120 Å². The van der Waals surface area contributed by atoms with Crippen molar-refractivity contribution in [2.24, 2.45) is 17.4 Å². The Kier molecular flexibility index (Phi) is 12.8. The van der Waals surface area contributed by atoms with Crippen LogP contribution in [-0.4, -0.2) is 52.2 Å². The molecule has 1 atom stereocenters. The normalized spacial score (nSPS) is 13.4. The zero-order valence-electron chi connectivity index (χ0n) is 12.1. The third-order valence-corrected chi connectivity index (χ3v) is 2.89. The van der Waals surface area contributed by atoms with Crippen molar-refractivity contribution in [2.45, 2.75) is 26.3 Å². The lowest BCUT2D eigenvalue weighted by Crippen LogP contribution is -2.42. The van der Waals surface area contributed by atoms with E-state index in [4.69, 9.17) is 20.6 Å². The van der Waals surface area contributed by atoms with Crippen molar-refractivity contribution < 1.29 is 34.3 Å². The lowest BCUT2D eigenvalue weighted by atomic mass is 9.91. The van der Waals surface area contributed by atoms with Gasteiger partial charge in [0.05, 0.1) is 14.2 Å². The van der Waals surface area contributed by atoms with Crippen molar-refractivity contribution in [1.29, 1.82) is 0 Å². The first-order valence-corrected chi connectivity index (χ1v) is 7.88. The molecule has 126 valence electrons. The van der Waals surface area contributed by atoms with Crippen molar-refractivity contribution in [3.8, 4) is 0 Å². The number of nitrogens with two attached hydrogens (primary N) is 2. The first kappa shape index (κ1) is 24.7. The summed E-state index contributed by atoms with van der Waals surface area (Å²) in [5, 5.41) is 0. The Bertz CT molecular complexity index is 394. The van der Waals surface area contributed by atoms with Crippen LogP contribution < -0.4 is 11.5 Å². The largest absolute Gasteiger partial charge is 0.397 e. The molecule has 0 aromatic carbocycles. The number of rotatable bonds is 4. The van der Waals surface area contributed by atoms with Gasteiger partial charge in [-0.3, -0.25) is 17.5 Å². The highest BCUT2D eigenvalue weighted by atomic mass is 32.3. The Hall–Kier alpha value is -0.340. The van der Waals surface area contributed by atoms with Crippen molar-refractivity contribution in [1.82, 2.24) is 0 Å². The lowest BCUT2D eigenvalue weighted by Gasteiger charge is -2.25. The van der Waals surface area contributed by atoms with Gasteiger partial charge in [0.1, 0.15) is 0 Å². The van der Waals surface area contributed by atoms with Crippen LogP contribution in [0.5, 0.6) is 0 Å². The molecule has 0 aliphatic carbocycles. The third-order valence-electron chi connectivity index (χ3n) is 2.04. The number of hydrogen-bond acceptors (Lipinski definition) is 8. The molecule has 0 spiro atoms. The molecule has 0 fully saturated rings. The highest BCUT2D eigenvalue weighted by molar-refractivity contribution is 7.81. The second kappa shape index (κ2) is 10.4. The van der Waals surface area contributed by atoms with Crippen LogP contribution in [0, 0.1) is 5.92 Å². The first-order chi connectivity index (χ1) is 8.60. The van der Waals surface area contributed by atoms with Crippen LogP contribution in [0.25, 0.3) is 0 Å². The average Bonchev–Trinajstić information content (AvgIpc) is 2.26. The minimum Gasteiger partial charge on any atom is -0.330 e. The van der Waals surface area contributed by atoms with E-state index in [0.29, 0.717) is 12.5 Å². The van der Waals surface area contributed by atoms with Crippen LogP contribution in [0.1, 0.15) is 20.8 Å². The molecule has 0 aliphatic heterocycles. The summed E-state index contributed by atoms with van der Waals surface area (Å²) in [4.78, 5) is 0. The standard InChI is InChI=1S/C6H16N2.2CH4O4S/c1-5(4-7)6(2,3)8;2*1-5-6(2,3)4/h5H,4,7-8H2,1-3H3;2*1H3,(H,2,3,4). The fraction of sp³-hybridized carbons (Fsp3) is 1.00. The van der Waals surface area contributed by atoms with Crippen LogP contribution >= 0.6 is 0 Å². The van der Waals surface area contributed by atoms with E-state index in [9.17, 15) is 16.8 Å². The quantitative estimate of drug-likeness (QED) is 0.472. The topological polar surface area (TPSA) is 179 Å². The zero-order valence-corrected chi connectivity index (χ0v) is 13.7. The number of hydrogen-bond donors (Lipinski definition) is 4. The maximum atomic E-state index is 9.33. The average molecular weight is 340 g/mol. The fourth-order valence-electron chi connectivity index (χ4n) is 0.304. The summed E-state index contributed by atoms with van der Waals surface area (Å²) in [5.41, 5.74) is 11.0. The van der Waals surface area contributed by atoms with E-state index in [0.717, 1.165) is 14.2 Å². The fourth-order valence-corrected chi connectivity index (χ4v) is 0.304. The molecule has 0 radical (unpaired) electrons. The summed E-state index contributed by atoms with van der Waals surface area (Å²) >= 11 is 0. The van der Waals surface area contributed by atoms with Crippen molar-refractivity contribution in [2.75, 3.05) is 20.8 Å². The van der Waals surface area contributed by atoms with Gasteiger partial charge in [0.15, 0.2) is 0 Å². The molecule has 10 nitrogen and oxygen atoms in total. The maximum Gasteiger partial charge on any atom is 0.397 e. The van der Waals surface area contributed by atoms with Crippen LogP contribution in [0.3, 0.4) is 0 Å². The lowest BCUT2D eigenvalue weighted by molar-refractivity contribution is 0.323. The molecule has 1 unspecified atom stereocenters. The molecule has 0 aromatic heterocycles. The Balaban J connectivity index is -0.000000221. The van der Waals surface area contributed by atoms with Crippen LogP contribution in [-0.2, 0) is 29.2 Å². The summed E-state index contributed by atoms with van der Waals surface area (Å²) in [7, 11) is -6.58. The highest BCUT2D eigenvalue weighted by Crippen LogP contribution is 2.09. The van der Waals surface area contributed by atoms with E-state index in [-0.39, 0.29) is 5.54 Å². The van der Waals surface area contributed by atoms with E-state index in [1.54, 1.807) is 0 Å². The van der Waals surface area contributed by atoms with Crippen LogP contribution in [0.4, 0.5) is 0 Å². The first-order valence-electron chi connectivity index (χ1n) is 5.15. The predicted octanol–water partition coefficient (Wildman–Crippen LogP) is -0.810. The smallest absolute Gasteiger partial charge is 0.330 e. The molecule has 0 aromatic rings. The molecule has 0 amide bonds. The monoisotopic (exact) mass is 340 g/mol. The van der Waals surface area contributed by atoms with Gasteiger partial charge < -0.3 is 11.5 Å². The molecule has 0 heterocycles. The Morgan fingerprint density at radius 1 is 1.05 bits per heavy atom. The van der Waals surface area contributed by atoms with Gasteiger partial charge in [-0.2, -0.15) is 16.8 Å². The van der Waals surface area contributed by atoms with E-state index in [1.165, 1.54) is 0 Å². The highest BCUT2D eigenvalue weighted by Gasteiger charge is 2.17. The zero-order chi connectivity index (χ0) is 17.2. The molecular weight excluding hydrogens is 316 g/mol. The summed E-state index contributed by atoms with van der Waals surface area (Å²) in [6.45, 7) is 6.71. The summed E-state index contributed by atoms with van der Waals surface area (Å²) in [5.74, 6) is 0.405. The minimum absolute atomic E-state index is 0.116. The van der Waals surface area contributed by atoms with Gasteiger partial charge in [-0.1, -0.05) is 6.92 Å². The summed E-state index contributed by atoms with van der Waals surface area (Å²) < 4.78 is 59.4. The van der Waals surface area contributed by atoms with Gasteiger partial charge in [-0.15, -0.1) is 0 Å². The van der Waals surface area contributed by atoms with E-state index < -0.39 is 20.8 Å². The van der Waals surface area contributed by atoms with Gasteiger partial charge in [0.25, 0.3) is 0 Å². The second-order valence-corrected chi connectivity index (χ2v) is 6.52. The Morgan fingerprint density at radius 3 is 1.25 bits per heavy atom. The molecule has 12 heteroatoms. The van der Waals surface area contributed by atoms with Gasteiger partial charge in [0, 0.05) is 5.54 Å². The van der Waals surface area contributed by atoms with E-state index in [2.05, 4.69) is 15.3 Å². The minimum atomic E-state index is -4.16. The van der Waals surface area contributed by atoms with Crippen LogP contribution in [0.15, 0.2) is 0 Å². The van der Waals surface area contributed by atoms with E-state index >= 15 is 0 Å². The molecule has 0 saturated carbocycles. The molecular formula is C8H24N2O8S2. The molecule has 0 aliphatic rings. The Morgan fingerprint density at radius 2 is 1.25 bits per heavy atom. The maximum absolute atomic E-state index is 9.33. The second-order valence-electron chi connectivity index (χ2n) is 4.15. The van der Waals surface area contributed by atoms with Gasteiger partial charge in [0.2, 0.25) is 0 Å². The van der Waals surface area contributed by atoms with Crippen LogP contribution in [0.2, 0.25) is 0 Å². The predicted molar refractivity (Wildman–Crippen MR) is 73.6 cm³/mol. The molecule has 20 heavy (non-hydrogen) atoms. The molecule has 0 bridgehead atoms. The molecule has 0 saturated heterocycles. The van der Waals surface area contributed by atoms with Crippen molar-refractivity contribution in [3.05, 3.63) is 0 Å². The molecule has 0 rings (SSSR count). The van der Waals surface area contributed by atoms with Gasteiger partial charge >= 0.3 is 20.8 Å². The summed E-state index contributed by atoms with van der Waals surface area (Å²) in [6.07, 6.45) is 0. The summed E-state index contributed by atoms with van der Waals surface area (Å²) in [6, 6.07) is 0. The molecule has 6 N–H and O–H groups in total. The van der Waals surface area contributed by atoms with Gasteiger partial charge in [-0.25, -0.2) is 0 Å². The SMILES string of the molecule is CC(CN)C(C)(C)N.COS(=O)(=O)O.COS(=O)(=O)O. The van der Waals surface area contributed by atoms with E-state index in [1.807, 2.05) is 13.8 Å².